The van der Waals surface area contributed by atoms with Gasteiger partial charge in [0.25, 0.3) is 11.8 Å². The van der Waals surface area contributed by atoms with Gasteiger partial charge in [0.15, 0.2) is 5.65 Å². The molecule has 0 saturated heterocycles. The summed E-state index contributed by atoms with van der Waals surface area (Å²) in [5, 5.41) is 5.21. The van der Waals surface area contributed by atoms with Crippen molar-refractivity contribution in [3.8, 4) is 11.3 Å². The number of carbonyl (C=O) groups excluding carboxylic acids is 2. The van der Waals surface area contributed by atoms with Crippen LogP contribution in [0.15, 0.2) is 60.8 Å². The van der Waals surface area contributed by atoms with Crippen molar-refractivity contribution in [2.24, 2.45) is 7.05 Å². The molecule has 5 rings (SSSR count). The highest BCUT2D eigenvalue weighted by molar-refractivity contribution is 6.38. The van der Waals surface area contributed by atoms with Crippen LogP contribution in [0.1, 0.15) is 46.0 Å². The Labute approximate surface area is 173 Å². The van der Waals surface area contributed by atoms with E-state index in [1.165, 1.54) is 11.1 Å². The molecule has 6 heteroatoms. The first-order valence-electron chi connectivity index (χ1n) is 9.87. The lowest BCUT2D eigenvalue weighted by Gasteiger charge is -2.15. The van der Waals surface area contributed by atoms with Gasteiger partial charge in [0, 0.05) is 18.8 Å². The van der Waals surface area contributed by atoms with Crippen molar-refractivity contribution < 1.29 is 9.59 Å². The van der Waals surface area contributed by atoms with Gasteiger partial charge < -0.3 is 0 Å². The maximum atomic E-state index is 13.5. The van der Waals surface area contributed by atoms with E-state index < -0.39 is 0 Å². The number of aryl methyl sites for hydroxylation is 1. The van der Waals surface area contributed by atoms with Crippen molar-refractivity contribution in [3.05, 3.63) is 77.5 Å². The third kappa shape index (κ3) is 2.57. The fourth-order valence-electron chi connectivity index (χ4n) is 3.97. The number of nitrogens with zero attached hydrogens (tertiary/aromatic N) is 4. The van der Waals surface area contributed by atoms with Crippen LogP contribution in [0.4, 0.5) is 5.69 Å². The van der Waals surface area contributed by atoms with Crippen LogP contribution in [0.5, 0.6) is 0 Å². The topological polar surface area (TPSA) is 68.1 Å². The van der Waals surface area contributed by atoms with E-state index in [9.17, 15) is 9.59 Å². The Balaban J connectivity index is 1.70. The monoisotopic (exact) mass is 396 g/mol. The molecule has 0 saturated carbocycles. The van der Waals surface area contributed by atoms with Gasteiger partial charge in [-0.05, 0) is 23.6 Å². The molecule has 0 bridgehead atoms. The first-order chi connectivity index (χ1) is 14.5. The zero-order valence-corrected chi connectivity index (χ0v) is 17.0. The second-order valence-corrected chi connectivity index (χ2v) is 7.78. The Morgan fingerprint density at radius 1 is 0.900 bits per heavy atom. The van der Waals surface area contributed by atoms with Crippen molar-refractivity contribution in [2.45, 2.75) is 19.8 Å². The van der Waals surface area contributed by atoms with Gasteiger partial charge in [-0.2, -0.15) is 5.10 Å². The molecule has 0 radical (unpaired) electrons. The Morgan fingerprint density at radius 3 is 2.27 bits per heavy atom. The minimum Gasteiger partial charge on any atom is -0.268 e. The average Bonchev–Trinajstić information content (AvgIpc) is 3.23. The van der Waals surface area contributed by atoms with E-state index >= 15 is 0 Å². The molecule has 0 fully saturated rings. The number of fused-ring (bicyclic) bond motifs is 3. The van der Waals surface area contributed by atoms with Gasteiger partial charge in [-0.1, -0.05) is 56.3 Å². The Kier molecular flexibility index (Phi) is 4.03. The van der Waals surface area contributed by atoms with Crippen molar-refractivity contribution in [2.75, 3.05) is 4.90 Å². The highest BCUT2D eigenvalue weighted by Crippen LogP contribution is 2.37. The fraction of sp³-hybridized carbons (Fsp3) is 0.167. The molecule has 4 aromatic rings. The van der Waals surface area contributed by atoms with Gasteiger partial charge in [-0.3, -0.25) is 9.59 Å². The second kappa shape index (κ2) is 6.62. The van der Waals surface area contributed by atoms with Crippen LogP contribution in [-0.4, -0.2) is 26.6 Å². The van der Waals surface area contributed by atoms with Gasteiger partial charge in [0.2, 0.25) is 0 Å². The predicted molar refractivity (Wildman–Crippen MR) is 116 cm³/mol. The molecule has 148 valence electrons. The Morgan fingerprint density at radius 2 is 1.60 bits per heavy atom. The van der Waals surface area contributed by atoms with E-state index in [1.54, 1.807) is 11.7 Å². The van der Waals surface area contributed by atoms with E-state index in [0.29, 0.717) is 39.5 Å². The van der Waals surface area contributed by atoms with Gasteiger partial charge in [-0.25, -0.2) is 14.6 Å². The number of pyridine rings is 1. The molecule has 0 atom stereocenters. The summed E-state index contributed by atoms with van der Waals surface area (Å²) in [5.41, 5.74) is 4.48. The van der Waals surface area contributed by atoms with Gasteiger partial charge in [0.1, 0.15) is 5.69 Å². The smallest absolute Gasteiger partial charge is 0.267 e. The summed E-state index contributed by atoms with van der Waals surface area (Å²) in [5.74, 6) is -0.330. The molecule has 1 aliphatic rings. The highest BCUT2D eigenvalue weighted by Gasteiger charge is 2.40. The number of hydrogen-bond acceptors (Lipinski definition) is 4. The molecule has 3 heterocycles. The Bertz CT molecular complexity index is 1300. The maximum absolute atomic E-state index is 13.5. The first-order valence-corrected chi connectivity index (χ1v) is 9.87. The van der Waals surface area contributed by atoms with E-state index in [-0.39, 0.29) is 11.8 Å². The SMILES string of the molecule is CC(C)c1ccc(N2C(=O)c3cnc4c(c(-c5ccccc5)nn4C)c3C2=O)cc1. The van der Waals surface area contributed by atoms with Crippen LogP contribution >= 0.6 is 0 Å². The number of hydrogen-bond donors (Lipinski definition) is 0. The summed E-state index contributed by atoms with van der Waals surface area (Å²) in [6, 6.07) is 17.2. The van der Waals surface area contributed by atoms with Crippen molar-refractivity contribution in [3.63, 3.8) is 0 Å². The molecular formula is C24H20N4O2. The number of amides is 2. The Hall–Kier alpha value is -3.80. The molecule has 30 heavy (non-hydrogen) atoms. The van der Waals surface area contributed by atoms with Crippen LogP contribution in [0, 0.1) is 0 Å². The average molecular weight is 396 g/mol. The highest BCUT2D eigenvalue weighted by atomic mass is 16.2. The van der Waals surface area contributed by atoms with Crippen molar-refractivity contribution in [1.82, 2.24) is 14.8 Å². The summed E-state index contributed by atoms with van der Waals surface area (Å²) in [4.78, 5) is 32.3. The van der Waals surface area contributed by atoms with E-state index in [4.69, 9.17) is 0 Å². The van der Waals surface area contributed by atoms with E-state index in [1.807, 2.05) is 54.6 Å². The number of rotatable bonds is 3. The number of imide groups is 1. The molecule has 1 aliphatic heterocycles. The van der Waals surface area contributed by atoms with E-state index in [2.05, 4.69) is 23.9 Å². The van der Waals surface area contributed by atoms with Gasteiger partial charge in [0.05, 0.1) is 22.2 Å². The third-order valence-corrected chi connectivity index (χ3v) is 5.57. The summed E-state index contributed by atoms with van der Waals surface area (Å²) in [7, 11) is 1.79. The molecule has 0 spiro atoms. The lowest BCUT2D eigenvalue weighted by atomic mass is 10.0. The molecule has 0 unspecified atom stereocenters. The zero-order valence-electron chi connectivity index (χ0n) is 17.0. The minimum atomic E-state index is -0.357. The van der Waals surface area contributed by atoms with E-state index in [0.717, 1.165) is 11.1 Å². The van der Waals surface area contributed by atoms with Crippen LogP contribution in [0.2, 0.25) is 0 Å². The van der Waals surface area contributed by atoms with Crippen LogP contribution in [-0.2, 0) is 7.05 Å². The normalized spacial score (nSPS) is 13.5. The number of benzene rings is 2. The fourth-order valence-corrected chi connectivity index (χ4v) is 3.97. The molecular weight excluding hydrogens is 376 g/mol. The number of carbonyl (C=O) groups is 2. The van der Waals surface area contributed by atoms with Crippen LogP contribution < -0.4 is 4.90 Å². The zero-order chi connectivity index (χ0) is 21.0. The lowest BCUT2D eigenvalue weighted by molar-refractivity contribution is 0.0926. The minimum absolute atomic E-state index is 0.311. The second-order valence-electron chi connectivity index (χ2n) is 7.78. The number of aromatic nitrogens is 3. The molecule has 2 amide bonds. The summed E-state index contributed by atoms with van der Waals surface area (Å²) in [6.45, 7) is 4.21. The number of anilines is 1. The van der Waals surface area contributed by atoms with Crippen LogP contribution in [0.3, 0.4) is 0 Å². The van der Waals surface area contributed by atoms with Crippen molar-refractivity contribution >= 4 is 28.5 Å². The molecule has 2 aromatic carbocycles. The standard InChI is InChI=1S/C24H20N4O2/c1-14(2)15-9-11-17(12-10-15)28-23(29)18-13-25-22-20(19(18)24(28)30)21(26-27(22)3)16-7-5-4-6-8-16/h4-14H,1-3H3. The quantitative estimate of drug-likeness (QED) is 0.476. The van der Waals surface area contributed by atoms with Crippen LogP contribution in [0.25, 0.3) is 22.3 Å². The molecule has 0 N–H and O–H groups in total. The summed E-state index contributed by atoms with van der Waals surface area (Å²) in [6.07, 6.45) is 1.48. The lowest BCUT2D eigenvalue weighted by Crippen LogP contribution is -2.29. The predicted octanol–water partition coefficient (Wildman–Crippen LogP) is 4.56. The first kappa shape index (κ1) is 18.2. The van der Waals surface area contributed by atoms with Gasteiger partial charge >= 0.3 is 0 Å². The largest absolute Gasteiger partial charge is 0.268 e. The molecule has 2 aromatic heterocycles. The summed E-state index contributed by atoms with van der Waals surface area (Å²) >= 11 is 0. The maximum Gasteiger partial charge on any atom is 0.267 e. The van der Waals surface area contributed by atoms with Crippen molar-refractivity contribution in [1.29, 1.82) is 0 Å². The summed E-state index contributed by atoms with van der Waals surface area (Å²) < 4.78 is 1.65. The van der Waals surface area contributed by atoms with Gasteiger partial charge in [-0.15, -0.1) is 0 Å². The molecule has 6 nitrogen and oxygen atoms in total. The third-order valence-electron chi connectivity index (χ3n) is 5.57. The molecule has 0 aliphatic carbocycles.